The molecule has 2 bridgehead atoms. The van der Waals surface area contributed by atoms with Gasteiger partial charge in [-0.05, 0) is 68.2 Å². The van der Waals surface area contributed by atoms with Crippen LogP contribution in [0.25, 0.3) is 0 Å². The molecule has 0 saturated carbocycles. The second-order valence-electron chi connectivity index (χ2n) is 9.79. The van der Waals surface area contributed by atoms with Gasteiger partial charge in [0.05, 0.1) is 12.8 Å². The number of carbonyl (C=O) groups excluding carboxylic acids is 1. The third kappa shape index (κ3) is 8.00. The minimum absolute atomic E-state index is 0.374. The number of anilines is 1. The van der Waals surface area contributed by atoms with Crippen molar-refractivity contribution < 1.29 is 9.53 Å². The van der Waals surface area contributed by atoms with Gasteiger partial charge >= 0.3 is 5.97 Å². The molecule has 2 aromatic rings. The van der Waals surface area contributed by atoms with Gasteiger partial charge in [-0.15, -0.1) is 0 Å². The molecule has 0 radical (unpaired) electrons. The lowest BCUT2D eigenvalue weighted by atomic mass is 9.98. The van der Waals surface area contributed by atoms with Gasteiger partial charge in [0.2, 0.25) is 0 Å². The number of hydrogen-bond donors (Lipinski definition) is 2. The fourth-order valence-corrected chi connectivity index (χ4v) is 5.10. The monoisotopic (exact) mass is 480 g/mol. The van der Waals surface area contributed by atoms with E-state index < -0.39 is 0 Å². The molecule has 2 aliphatic rings. The molecular weight excluding hydrogens is 440 g/mol. The number of carbonyl (C=O) groups is 1. The van der Waals surface area contributed by atoms with Crippen molar-refractivity contribution in [1.82, 2.24) is 25.0 Å². The first-order chi connectivity index (χ1) is 17.1. The van der Waals surface area contributed by atoms with E-state index >= 15 is 0 Å². The quantitative estimate of drug-likeness (QED) is 0.494. The van der Waals surface area contributed by atoms with Gasteiger partial charge in [-0.2, -0.15) is 0 Å². The van der Waals surface area contributed by atoms with Gasteiger partial charge in [0.15, 0.2) is 0 Å². The van der Waals surface area contributed by atoms with Gasteiger partial charge in [-0.25, -0.2) is 9.78 Å². The van der Waals surface area contributed by atoms with Gasteiger partial charge in [0.25, 0.3) is 0 Å². The van der Waals surface area contributed by atoms with Crippen molar-refractivity contribution in [1.29, 1.82) is 0 Å². The summed E-state index contributed by atoms with van der Waals surface area (Å²) in [6.07, 6.45) is 2.19. The van der Waals surface area contributed by atoms with Gasteiger partial charge in [-0.1, -0.05) is 18.2 Å². The summed E-state index contributed by atoms with van der Waals surface area (Å²) in [7, 11) is 1.40. The summed E-state index contributed by atoms with van der Waals surface area (Å²) in [4.78, 5) is 24.2. The van der Waals surface area contributed by atoms with E-state index in [4.69, 9.17) is 10.5 Å². The van der Waals surface area contributed by atoms with Gasteiger partial charge < -0.3 is 25.6 Å². The van der Waals surface area contributed by atoms with Crippen LogP contribution in [-0.2, 0) is 17.7 Å². The van der Waals surface area contributed by atoms with Crippen LogP contribution < -0.4 is 11.1 Å². The first kappa shape index (κ1) is 25.6. The van der Waals surface area contributed by atoms with Crippen LogP contribution in [0.1, 0.15) is 28.2 Å². The average molecular weight is 481 g/mol. The van der Waals surface area contributed by atoms with Gasteiger partial charge in [-0.3, -0.25) is 4.90 Å². The third-order valence-electron chi connectivity index (χ3n) is 7.06. The number of nitrogens with two attached hydrogens (primary N) is 1. The molecule has 0 aliphatic carbocycles. The lowest BCUT2D eigenvalue weighted by molar-refractivity contribution is 0.0593. The number of fused-ring (bicyclic) bond motifs is 3. The zero-order valence-electron chi connectivity index (χ0n) is 21.0. The van der Waals surface area contributed by atoms with E-state index in [0.29, 0.717) is 11.6 Å². The van der Waals surface area contributed by atoms with Crippen LogP contribution in [0.4, 0.5) is 5.69 Å². The number of ether oxygens (including phenoxy) is 1. The van der Waals surface area contributed by atoms with Crippen LogP contribution >= 0.6 is 0 Å². The number of esters is 1. The van der Waals surface area contributed by atoms with E-state index in [0.717, 1.165) is 96.2 Å². The summed E-state index contributed by atoms with van der Waals surface area (Å²) in [5.74, 6) is 0.171. The zero-order chi connectivity index (χ0) is 24.5. The molecule has 3 unspecified atom stereocenters. The highest BCUT2D eigenvalue weighted by atomic mass is 16.5. The number of nitrogens with zero attached hydrogens (tertiary/aromatic N) is 4. The molecule has 3 N–H and O–H groups in total. The number of rotatable bonds is 5. The first-order valence-corrected chi connectivity index (χ1v) is 12.9. The van der Waals surface area contributed by atoms with Crippen molar-refractivity contribution in [3.8, 4) is 0 Å². The number of nitrogen functional groups attached to an aromatic ring is 1. The Morgan fingerprint density at radius 3 is 2.66 bits per heavy atom. The molecule has 1 aromatic heterocycles. The maximum Gasteiger partial charge on any atom is 0.356 e. The molecule has 0 amide bonds. The normalized spacial score (nSPS) is 24.5. The number of benzene rings is 1. The number of aromatic nitrogens is 1. The van der Waals surface area contributed by atoms with Crippen molar-refractivity contribution in [3.05, 3.63) is 59.4 Å². The molecule has 8 heteroatoms. The summed E-state index contributed by atoms with van der Waals surface area (Å²) < 4.78 is 4.85. The van der Waals surface area contributed by atoms with E-state index in [1.54, 1.807) is 6.07 Å². The van der Waals surface area contributed by atoms with Crippen LogP contribution in [-0.4, -0.2) is 98.2 Å². The SMILES string of the molecule is COC(=O)c1cccc(CN2CCCN3CCNCC(Cc4ccc(N)cc4)CN(CC3)CC2)n1. The molecule has 2 aliphatic heterocycles. The Kier molecular flexibility index (Phi) is 9.48. The number of hydrogen-bond acceptors (Lipinski definition) is 8. The summed E-state index contributed by atoms with van der Waals surface area (Å²) in [6.45, 7) is 11.4. The standard InChI is InChI=1S/C27H40N6O2/c1-35-27(34)26-5-2-4-25(30-26)21-32-12-3-11-31-13-10-29-19-23(20-33(15-14-31)17-16-32)18-22-6-8-24(28)9-7-22/h2,4-9,23,29H,3,10-21,28H2,1H3. The molecular formula is C27H40N6O2. The van der Waals surface area contributed by atoms with E-state index in [1.807, 2.05) is 24.3 Å². The Balaban J connectivity index is 1.43. The summed E-state index contributed by atoms with van der Waals surface area (Å²) in [5.41, 5.74) is 9.35. The van der Waals surface area contributed by atoms with Crippen LogP contribution in [0.3, 0.4) is 0 Å². The lowest BCUT2D eigenvalue weighted by Crippen LogP contribution is -2.48. The smallest absolute Gasteiger partial charge is 0.356 e. The molecule has 3 heterocycles. The van der Waals surface area contributed by atoms with Crippen molar-refractivity contribution in [3.63, 3.8) is 0 Å². The predicted octanol–water partition coefficient (Wildman–Crippen LogP) is 1.72. The Hall–Kier alpha value is -2.52. The highest BCUT2D eigenvalue weighted by Crippen LogP contribution is 2.15. The highest BCUT2D eigenvalue weighted by molar-refractivity contribution is 5.87. The number of pyridine rings is 1. The summed E-state index contributed by atoms with van der Waals surface area (Å²) in [5, 5.41) is 3.72. The predicted molar refractivity (Wildman–Crippen MR) is 139 cm³/mol. The molecule has 1 aromatic carbocycles. The maximum atomic E-state index is 11.9. The number of nitrogens with one attached hydrogen (secondary N) is 1. The average Bonchev–Trinajstić information content (AvgIpc) is 2.88. The third-order valence-corrected chi connectivity index (χ3v) is 7.06. The summed E-state index contributed by atoms with van der Waals surface area (Å²) in [6, 6.07) is 13.9. The molecule has 0 spiro atoms. The van der Waals surface area contributed by atoms with Crippen molar-refractivity contribution in [2.45, 2.75) is 19.4 Å². The Morgan fingerprint density at radius 1 is 1.03 bits per heavy atom. The van der Waals surface area contributed by atoms with Crippen molar-refractivity contribution >= 4 is 11.7 Å². The van der Waals surface area contributed by atoms with Crippen molar-refractivity contribution in [2.75, 3.05) is 78.3 Å². The second kappa shape index (κ2) is 13.0. The Morgan fingerprint density at radius 2 is 1.83 bits per heavy atom. The van der Waals surface area contributed by atoms with E-state index in [1.165, 1.54) is 12.7 Å². The highest BCUT2D eigenvalue weighted by Gasteiger charge is 2.21. The van der Waals surface area contributed by atoms with Crippen LogP contribution in [0.15, 0.2) is 42.5 Å². The minimum atomic E-state index is -0.384. The zero-order valence-corrected chi connectivity index (χ0v) is 21.0. The van der Waals surface area contributed by atoms with E-state index in [9.17, 15) is 4.79 Å². The Labute approximate surface area is 209 Å². The van der Waals surface area contributed by atoms with Crippen LogP contribution in [0, 0.1) is 5.92 Å². The van der Waals surface area contributed by atoms with E-state index in [2.05, 4.69) is 37.1 Å². The van der Waals surface area contributed by atoms with Gasteiger partial charge in [0, 0.05) is 58.0 Å². The number of methoxy groups -OCH3 is 1. The molecule has 190 valence electrons. The minimum Gasteiger partial charge on any atom is -0.464 e. The second-order valence-corrected chi connectivity index (χ2v) is 9.79. The fraction of sp³-hybridized carbons (Fsp3) is 0.556. The molecule has 4 rings (SSSR count). The van der Waals surface area contributed by atoms with Crippen LogP contribution in [0.2, 0.25) is 0 Å². The maximum absolute atomic E-state index is 11.9. The van der Waals surface area contributed by atoms with Crippen LogP contribution in [0.5, 0.6) is 0 Å². The lowest BCUT2D eigenvalue weighted by Gasteiger charge is -2.36. The molecule has 8 nitrogen and oxygen atoms in total. The molecule has 35 heavy (non-hydrogen) atoms. The van der Waals surface area contributed by atoms with Gasteiger partial charge in [0.1, 0.15) is 5.69 Å². The summed E-state index contributed by atoms with van der Waals surface area (Å²) >= 11 is 0. The molecule has 3 atom stereocenters. The molecule has 2 fully saturated rings. The molecule has 2 saturated heterocycles. The Bertz CT molecular complexity index is 938. The first-order valence-electron chi connectivity index (χ1n) is 12.9. The fourth-order valence-electron chi connectivity index (χ4n) is 5.10. The van der Waals surface area contributed by atoms with Crippen molar-refractivity contribution in [2.24, 2.45) is 5.92 Å². The van der Waals surface area contributed by atoms with E-state index in [-0.39, 0.29) is 5.97 Å². The largest absolute Gasteiger partial charge is 0.464 e. The topological polar surface area (TPSA) is 87.0 Å².